The minimum atomic E-state index is -0.661. The van der Waals surface area contributed by atoms with Crippen molar-refractivity contribution in [2.45, 2.75) is 39.0 Å². The highest BCUT2D eigenvalue weighted by molar-refractivity contribution is 5.82. The van der Waals surface area contributed by atoms with Gasteiger partial charge in [0.25, 0.3) is 0 Å². The summed E-state index contributed by atoms with van der Waals surface area (Å²) in [6.07, 6.45) is -0.494. The molecule has 126 valence electrons. The van der Waals surface area contributed by atoms with E-state index in [4.69, 9.17) is 9.47 Å². The molecule has 0 bridgehead atoms. The van der Waals surface area contributed by atoms with Crippen molar-refractivity contribution in [2.75, 3.05) is 19.6 Å². The summed E-state index contributed by atoms with van der Waals surface area (Å²) in [5.41, 5.74) is 0.318. The second-order valence-electron chi connectivity index (χ2n) is 6.49. The first-order valence-corrected chi connectivity index (χ1v) is 7.78. The van der Waals surface area contributed by atoms with Crippen LogP contribution in [0.15, 0.2) is 30.3 Å². The number of piperazine rings is 1. The number of nitrogens with zero attached hydrogens (tertiary/aromatic N) is 1. The van der Waals surface area contributed by atoms with Gasteiger partial charge < -0.3 is 14.8 Å². The Bertz CT molecular complexity index is 539. The highest BCUT2D eigenvalue weighted by Gasteiger charge is 2.36. The Hall–Kier alpha value is -2.08. The van der Waals surface area contributed by atoms with Gasteiger partial charge in [-0.05, 0) is 26.3 Å². The van der Waals surface area contributed by atoms with Gasteiger partial charge in [0.1, 0.15) is 18.2 Å². The molecule has 1 unspecified atom stereocenters. The minimum absolute atomic E-state index is 0.185. The van der Waals surface area contributed by atoms with Crippen LogP contribution < -0.4 is 5.32 Å². The van der Waals surface area contributed by atoms with Gasteiger partial charge in [-0.25, -0.2) is 9.59 Å². The summed E-state index contributed by atoms with van der Waals surface area (Å²) in [5.74, 6) is -0.415. The number of ether oxygens (including phenoxy) is 2. The largest absolute Gasteiger partial charge is 0.458 e. The van der Waals surface area contributed by atoms with Crippen LogP contribution in [-0.2, 0) is 20.9 Å². The zero-order valence-electron chi connectivity index (χ0n) is 13.9. The van der Waals surface area contributed by atoms with E-state index in [0.717, 1.165) is 5.56 Å². The van der Waals surface area contributed by atoms with Crippen molar-refractivity contribution >= 4 is 12.1 Å². The van der Waals surface area contributed by atoms with Crippen molar-refractivity contribution in [3.8, 4) is 0 Å². The summed E-state index contributed by atoms with van der Waals surface area (Å²) in [6, 6.07) is 8.79. The summed E-state index contributed by atoms with van der Waals surface area (Å²) in [5, 5.41) is 3.11. The van der Waals surface area contributed by atoms with E-state index in [0.29, 0.717) is 19.6 Å². The predicted molar refractivity (Wildman–Crippen MR) is 85.8 cm³/mol. The van der Waals surface area contributed by atoms with Crippen LogP contribution in [0.3, 0.4) is 0 Å². The van der Waals surface area contributed by atoms with Gasteiger partial charge in [0.05, 0.1) is 0 Å². The molecule has 0 saturated carbocycles. The molecule has 1 amide bonds. The third-order valence-electron chi connectivity index (χ3n) is 3.36. The van der Waals surface area contributed by atoms with E-state index in [1.165, 1.54) is 4.90 Å². The number of benzene rings is 1. The van der Waals surface area contributed by atoms with E-state index < -0.39 is 23.7 Å². The molecule has 1 aromatic carbocycles. The van der Waals surface area contributed by atoms with Crippen LogP contribution >= 0.6 is 0 Å². The third kappa shape index (κ3) is 5.25. The first kappa shape index (κ1) is 17.3. The highest BCUT2D eigenvalue weighted by Crippen LogP contribution is 2.14. The molecular formula is C17H24N2O4. The Kier molecular flexibility index (Phi) is 5.60. The van der Waals surface area contributed by atoms with Crippen LogP contribution in [0.2, 0.25) is 0 Å². The molecule has 1 aromatic rings. The highest BCUT2D eigenvalue weighted by atomic mass is 16.6. The van der Waals surface area contributed by atoms with Gasteiger partial charge in [0.15, 0.2) is 0 Å². The summed E-state index contributed by atoms with van der Waals surface area (Å²) in [6.45, 7) is 7.01. The quantitative estimate of drug-likeness (QED) is 0.862. The van der Waals surface area contributed by atoms with Crippen LogP contribution in [0.1, 0.15) is 26.3 Å². The van der Waals surface area contributed by atoms with E-state index in [-0.39, 0.29) is 6.61 Å². The number of hydrogen-bond acceptors (Lipinski definition) is 5. The molecule has 1 N–H and O–H groups in total. The maximum atomic E-state index is 12.3. The molecule has 23 heavy (non-hydrogen) atoms. The summed E-state index contributed by atoms with van der Waals surface area (Å²) >= 11 is 0. The van der Waals surface area contributed by atoms with Crippen LogP contribution in [0.25, 0.3) is 0 Å². The lowest BCUT2D eigenvalue weighted by Crippen LogP contribution is -2.58. The zero-order valence-corrected chi connectivity index (χ0v) is 13.9. The van der Waals surface area contributed by atoms with Gasteiger partial charge in [0, 0.05) is 19.6 Å². The fraction of sp³-hybridized carbons (Fsp3) is 0.529. The molecule has 0 aromatic heterocycles. The van der Waals surface area contributed by atoms with Gasteiger partial charge in [-0.15, -0.1) is 0 Å². The third-order valence-corrected chi connectivity index (χ3v) is 3.36. The summed E-state index contributed by atoms with van der Waals surface area (Å²) in [4.78, 5) is 26.0. The number of carbonyl (C=O) groups is 2. The van der Waals surface area contributed by atoms with Crippen molar-refractivity contribution in [1.82, 2.24) is 10.2 Å². The standard InChI is InChI=1S/C17H24N2O4/c1-17(2,3)23-15(20)14-11-18-9-10-19(14)16(21)22-12-13-7-5-4-6-8-13/h4-8,14,18H,9-12H2,1-3H3. The fourth-order valence-corrected chi connectivity index (χ4v) is 2.31. The lowest BCUT2D eigenvalue weighted by molar-refractivity contribution is -0.161. The van der Waals surface area contributed by atoms with Crippen molar-refractivity contribution in [3.05, 3.63) is 35.9 Å². The number of esters is 1. The lowest BCUT2D eigenvalue weighted by atomic mass is 10.1. The number of hydrogen-bond donors (Lipinski definition) is 1. The second-order valence-corrected chi connectivity index (χ2v) is 6.49. The zero-order chi connectivity index (χ0) is 16.9. The summed E-state index contributed by atoms with van der Waals surface area (Å²) < 4.78 is 10.7. The number of nitrogens with one attached hydrogen (secondary N) is 1. The van der Waals surface area contributed by atoms with E-state index in [1.54, 1.807) is 20.8 Å². The molecule has 1 aliphatic heterocycles. The van der Waals surface area contributed by atoms with E-state index in [2.05, 4.69) is 5.32 Å². The van der Waals surface area contributed by atoms with Crippen molar-refractivity contribution in [1.29, 1.82) is 0 Å². The first-order valence-electron chi connectivity index (χ1n) is 7.78. The molecule has 0 radical (unpaired) electrons. The Labute approximate surface area is 136 Å². The maximum absolute atomic E-state index is 12.3. The Morgan fingerprint density at radius 1 is 1.26 bits per heavy atom. The van der Waals surface area contributed by atoms with Gasteiger partial charge >= 0.3 is 12.1 Å². The first-order chi connectivity index (χ1) is 10.9. The normalized spacial score (nSPS) is 18.4. The summed E-state index contributed by atoms with van der Waals surface area (Å²) in [7, 11) is 0. The molecule has 1 heterocycles. The maximum Gasteiger partial charge on any atom is 0.410 e. The molecule has 2 rings (SSSR count). The minimum Gasteiger partial charge on any atom is -0.458 e. The van der Waals surface area contributed by atoms with Crippen molar-refractivity contribution in [2.24, 2.45) is 0 Å². The van der Waals surface area contributed by atoms with Crippen LogP contribution in [0, 0.1) is 0 Å². The number of carbonyl (C=O) groups excluding carboxylic acids is 2. The molecular weight excluding hydrogens is 296 g/mol. The Balaban J connectivity index is 1.97. The topological polar surface area (TPSA) is 67.9 Å². The van der Waals surface area contributed by atoms with E-state index in [9.17, 15) is 9.59 Å². The Morgan fingerprint density at radius 2 is 1.96 bits per heavy atom. The van der Waals surface area contributed by atoms with Gasteiger partial charge in [-0.3, -0.25) is 4.90 Å². The SMILES string of the molecule is CC(C)(C)OC(=O)C1CNCCN1C(=O)OCc1ccccc1. The second kappa shape index (κ2) is 7.46. The molecule has 0 spiro atoms. The van der Waals surface area contributed by atoms with E-state index >= 15 is 0 Å². The Morgan fingerprint density at radius 3 is 2.61 bits per heavy atom. The molecule has 6 nitrogen and oxygen atoms in total. The molecule has 1 fully saturated rings. The van der Waals surface area contributed by atoms with Gasteiger partial charge in [-0.2, -0.15) is 0 Å². The number of amides is 1. The molecule has 1 aliphatic rings. The van der Waals surface area contributed by atoms with Crippen LogP contribution in [-0.4, -0.2) is 48.2 Å². The average Bonchev–Trinajstić information content (AvgIpc) is 2.52. The van der Waals surface area contributed by atoms with Crippen LogP contribution in [0.5, 0.6) is 0 Å². The number of rotatable bonds is 3. The molecule has 0 aliphatic carbocycles. The van der Waals surface area contributed by atoms with Crippen LogP contribution in [0.4, 0.5) is 4.79 Å². The monoisotopic (exact) mass is 320 g/mol. The predicted octanol–water partition coefficient (Wildman–Crippen LogP) is 1.94. The smallest absolute Gasteiger partial charge is 0.410 e. The van der Waals surface area contributed by atoms with Crippen molar-refractivity contribution < 1.29 is 19.1 Å². The van der Waals surface area contributed by atoms with Crippen molar-refractivity contribution in [3.63, 3.8) is 0 Å². The lowest BCUT2D eigenvalue weighted by Gasteiger charge is -2.35. The van der Waals surface area contributed by atoms with E-state index in [1.807, 2.05) is 30.3 Å². The molecule has 1 saturated heterocycles. The molecule has 6 heteroatoms. The molecule has 1 atom stereocenters. The average molecular weight is 320 g/mol. The van der Waals surface area contributed by atoms with Gasteiger partial charge in [0.2, 0.25) is 0 Å². The fourth-order valence-electron chi connectivity index (χ4n) is 2.31. The van der Waals surface area contributed by atoms with Gasteiger partial charge in [-0.1, -0.05) is 30.3 Å².